The lowest BCUT2D eigenvalue weighted by molar-refractivity contribution is 0.417. The molecule has 0 bridgehead atoms. The first-order valence-electron chi connectivity index (χ1n) is 7.59. The van der Waals surface area contributed by atoms with Crippen LogP contribution in [0.15, 0.2) is 59.6 Å². The van der Waals surface area contributed by atoms with Crippen molar-refractivity contribution in [2.24, 2.45) is 10.7 Å². The van der Waals surface area contributed by atoms with E-state index < -0.39 is 0 Å². The number of likely N-dealkylation sites (N-methyl/N-ethyl adjacent to an activating group) is 1. The number of hydrogen-bond acceptors (Lipinski definition) is 3. The molecule has 1 atom stereocenters. The summed E-state index contributed by atoms with van der Waals surface area (Å²) in [7, 11) is 3.68. The van der Waals surface area contributed by atoms with Crippen molar-refractivity contribution in [1.82, 2.24) is 0 Å². The van der Waals surface area contributed by atoms with E-state index in [4.69, 9.17) is 10.5 Å². The monoisotopic (exact) mass is 440 g/mol. The molecule has 24 heavy (non-hydrogen) atoms. The molecule has 6 heteroatoms. The first kappa shape index (κ1) is 20.1. The first-order chi connectivity index (χ1) is 11.1. The van der Waals surface area contributed by atoms with Gasteiger partial charge in [-0.2, -0.15) is 0 Å². The number of para-hydroxylation sites is 3. The van der Waals surface area contributed by atoms with E-state index in [1.807, 2.05) is 42.5 Å². The van der Waals surface area contributed by atoms with Crippen molar-refractivity contribution in [2.45, 2.75) is 13.0 Å². The van der Waals surface area contributed by atoms with Crippen molar-refractivity contribution < 1.29 is 4.74 Å². The molecule has 5 nitrogen and oxygen atoms in total. The summed E-state index contributed by atoms with van der Waals surface area (Å²) in [6, 6.07) is 18.1. The summed E-state index contributed by atoms with van der Waals surface area (Å²) in [5, 5.41) is 3.08. The maximum Gasteiger partial charge on any atom is 0.193 e. The summed E-state index contributed by atoms with van der Waals surface area (Å²) in [5.41, 5.74) is 7.95. The van der Waals surface area contributed by atoms with E-state index >= 15 is 0 Å². The normalized spacial score (nSPS) is 12.0. The standard InChI is InChI=1S/C18H24N4O.HI/c1-14(22(2)15-9-5-4-6-10-15)13-20-18(19)21-16-11-7-8-12-17(16)23-3;/h4-12,14H,13H2,1-3H3,(H3,19,20,21);1H. The van der Waals surface area contributed by atoms with Gasteiger partial charge in [0.2, 0.25) is 0 Å². The van der Waals surface area contributed by atoms with Crippen molar-refractivity contribution in [2.75, 3.05) is 30.9 Å². The van der Waals surface area contributed by atoms with Crippen LogP contribution >= 0.6 is 24.0 Å². The van der Waals surface area contributed by atoms with Gasteiger partial charge in [-0.3, -0.25) is 4.99 Å². The number of aliphatic imine (C=N–C) groups is 1. The highest BCUT2D eigenvalue weighted by atomic mass is 127. The summed E-state index contributed by atoms with van der Waals surface area (Å²) in [6.45, 7) is 2.71. The van der Waals surface area contributed by atoms with Crippen molar-refractivity contribution >= 4 is 41.3 Å². The van der Waals surface area contributed by atoms with E-state index in [9.17, 15) is 0 Å². The third-order valence-corrected chi connectivity index (χ3v) is 3.72. The number of nitrogens with two attached hydrogens (primary N) is 1. The van der Waals surface area contributed by atoms with E-state index in [2.05, 4.69) is 41.3 Å². The number of nitrogens with zero attached hydrogens (tertiary/aromatic N) is 2. The van der Waals surface area contributed by atoms with Crippen molar-refractivity contribution in [3.63, 3.8) is 0 Å². The van der Waals surface area contributed by atoms with Gasteiger partial charge in [0.1, 0.15) is 5.75 Å². The average molecular weight is 440 g/mol. The minimum Gasteiger partial charge on any atom is -0.495 e. The minimum atomic E-state index is 0. The fraction of sp³-hybridized carbons (Fsp3) is 0.278. The van der Waals surface area contributed by atoms with Crippen LogP contribution in [0.2, 0.25) is 0 Å². The van der Waals surface area contributed by atoms with Crippen molar-refractivity contribution in [3.05, 3.63) is 54.6 Å². The van der Waals surface area contributed by atoms with Gasteiger partial charge in [0.15, 0.2) is 5.96 Å². The quantitative estimate of drug-likeness (QED) is 0.410. The zero-order chi connectivity index (χ0) is 16.7. The predicted octanol–water partition coefficient (Wildman–Crippen LogP) is 3.56. The molecule has 0 amide bonds. The molecule has 0 spiro atoms. The maximum atomic E-state index is 5.98. The van der Waals surface area contributed by atoms with Gasteiger partial charge in [-0.25, -0.2) is 0 Å². The summed E-state index contributed by atoms with van der Waals surface area (Å²) in [5.74, 6) is 1.11. The van der Waals surface area contributed by atoms with Crippen LogP contribution in [0.5, 0.6) is 5.75 Å². The molecule has 1 unspecified atom stereocenters. The molecule has 2 rings (SSSR count). The summed E-state index contributed by atoms with van der Waals surface area (Å²) >= 11 is 0. The SMILES string of the molecule is COc1ccccc1NC(N)=NCC(C)N(C)c1ccccc1.I. The number of rotatable bonds is 6. The van der Waals surface area contributed by atoms with E-state index in [1.165, 1.54) is 0 Å². The lowest BCUT2D eigenvalue weighted by Gasteiger charge is -2.25. The Hall–Kier alpha value is -1.96. The molecular weight excluding hydrogens is 415 g/mol. The Morgan fingerprint density at radius 3 is 2.46 bits per heavy atom. The van der Waals surface area contributed by atoms with Crippen LogP contribution in [-0.2, 0) is 0 Å². The third-order valence-electron chi connectivity index (χ3n) is 3.72. The molecule has 3 N–H and O–H groups in total. The Labute approximate surface area is 160 Å². The first-order valence-corrected chi connectivity index (χ1v) is 7.59. The summed E-state index contributed by atoms with van der Waals surface area (Å²) < 4.78 is 5.29. The van der Waals surface area contributed by atoms with Crippen LogP contribution in [0, 0.1) is 0 Å². The average Bonchev–Trinajstić information content (AvgIpc) is 2.60. The molecule has 0 fully saturated rings. The summed E-state index contributed by atoms with van der Waals surface area (Å²) in [6.07, 6.45) is 0. The van der Waals surface area contributed by atoms with Gasteiger partial charge in [-0.1, -0.05) is 30.3 Å². The van der Waals surface area contributed by atoms with Crippen molar-refractivity contribution in [3.8, 4) is 5.75 Å². The van der Waals surface area contributed by atoms with E-state index in [1.54, 1.807) is 7.11 Å². The highest BCUT2D eigenvalue weighted by molar-refractivity contribution is 14.0. The van der Waals surface area contributed by atoms with Crippen molar-refractivity contribution in [1.29, 1.82) is 0 Å². The van der Waals surface area contributed by atoms with Gasteiger partial charge in [0.25, 0.3) is 0 Å². The molecule has 0 heterocycles. The number of ether oxygens (including phenoxy) is 1. The molecule has 0 aliphatic rings. The molecule has 0 saturated carbocycles. The summed E-state index contributed by atoms with van der Waals surface area (Å²) in [4.78, 5) is 6.61. The van der Waals surface area contributed by atoms with Crippen LogP contribution in [0.4, 0.5) is 11.4 Å². The van der Waals surface area contributed by atoms with Crippen LogP contribution < -0.4 is 20.7 Å². The van der Waals surface area contributed by atoms with Gasteiger partial charge in [-0.05, 0) is 31.2 Å². The van der Waals surface area contributed by atoms with Gasteiger partial charge in [0.05, 0.1) is 19.3 Å². The maximum absolute atomic E-state index is 5.98. The Kier molecular flexibility index (Phi) is 8.39. The molecule has 2 aromatic carbocycles. The van der Waals surface area contributed by atoms with E-state index in [0.29, 0.717) is 12.5 Å². The number of methoxy groups -OCH3 is 1. The second-order valence-electron chi connectivity index (χ2n) is 5.35. The molecule has 130 valence electrons. The van der Waals surface area contributed by atoms with E-state index in [0.717, 1.165) is 17.1 Å². The minimum absolute atomic E-state index is 0. The predicted molar refractivity (Wildman–Crippen MR) is 113 cm³/mol. The molecule has 0 radical (unpaired) electrons. The number of nitrogens with one attached hydrogen (secondary N) is 1. The zero-order valence-corrected chi connectivity index (χ0v) is 16.6. The molecule has 0 aromatic heterocycles. The topological polar surface area (TPSA) is 62.9 Å². The largest absolute Gasteiger partial charge is 0.495 e. The Bertz CT molecular complexity index is 648. The number of halogens is 1. The number of guanidine groups is 1. The smallest absolute Gasteiger partial charge is 0.193 e. The molecule has 0 saturated heterocycles. The number of benzene rings is 2. The Morgan fingerprint density at radius 1 is 1.17 bits per heavy atom. The van der Waals surface area contributed by atoms with Gasteiger partial charge < -0.3 is 20.7 Å². The van der Waals surface area contributed by atoms with Crippen LogP contribution in [0.25, 0.3) is 0 Å². The highest BCUT2D eigenvalue weighted by Crippen LogP contribution is 2.22. The third kappa shape index (κ3) is 5.59. The number of anilines is 2. The number of hydrogen-bond donors (Lipinski definition) is 2. The van der Waals surface area contributed by atoms with Crippen LogP contribution in [0.3, 0.4) is 0 Å². The molecule has 2 aromatic rings. The van der Waals surface area contributed by atoms with Crippen LogP contribution in [0.1, 0.15) is 6.92 Å². The zero-order valence-electron chi connectivity index (χ0n) is 14.3. The molecular formula is C18H25IN4O. The lowest BCUT2D eigenvalue weighted by atomic mass is 10.2. The fourth-order valence-electron chi connectivity index (χ4n) is 2.20. The highest BCUT2D eigenvalue weighted by Gasteiger charge is 2.09. The lowest BCUT2D eigenvalue weighted by Crippen LogP contribution is -2.33. The molecule has 0 aliphatic carbocycles. The molecule has 0 aliphatic heterocycles. The Morgan fingerprint density at radius 2 is 1.79 bits per heavy atom. The second kappa shape index (κ2) is 10.0. The van der Waals surface area contributed by atoms with Gasteiger partial charge in [0, 0.05) is 18.8 Å². The van der Waals surface area contributed by atoms with Gasteiger partial charge >= 0.3 is 0 Å². The van der Waals surface area contributed by atoms with E-state index in [-0.39, 0.29) is 30.0 Å². The second-order valence-corrected chi connectivity index (χ2v) is 5.35. The fourth-order valence-corrected chi connectivity index (χ4v) is 2.20. The Balaban J connectivity index is 0.00000288. The van der Waals surface area contributed by atoms with Gasteiger partial charge in [-0.15, -0.1) is 24.0 Å². The van der Waals surface area contributed by atoms with Crippen LogP contribution in [-0.4, -0.2) is 32.7 Å².